The van der Waals surface area contributed by atoms with Gasteiger partial charge >= 0.3 is 11.9 Å². The van der Waals surface area contributed by atoms with Gasteiger partial charge in [-0.3, -0.25) is 14.4 Å². The van der Waals surface area contributed by atoms with E-state index >= 15 is 0 Å². The molecule has 0 bridgehead atoms. The summed E-state index contributed by atoms with van der Waals surface area (Å²) in [5, 5.41) is 8.67. The van der Waals surface area contributed by atoms with Gasteiger partial charge in [-0.15, -0.1) is 0 Å². The van der Waals surface area contributed by atoms with Crippen LogP contribution < -0.4 is 0 Å². The lowest BCUT2D eigenvalue weighted by atomic mass is 10.1. The van der Waals surface area contributed by atoms with Crippen molar-refractivity contribution in [1.29, 1.82) is 0 Å². The minimum atomic E-state index is -1.20. The number of rotatable bonds is 6. The summed E-state index contributed by atoms with van der Waals surface area (Å²) in [4.78, 5) is 34.5. The third kappa shape index (κ3) is 4.29. The maximum absolute atomic E-state index is 11.6. The third-order valence-electron chi connectivity index (χ3n) is 2.06. The Kier molecular flexibility index (Phi) is 6.14. The second kappa shape index (κ2) is 6.81. The first-order valence-electron chi connectivity index (χ1n) is 5.11. The molecule has 0 aromatic rings. The van der Waals surface area contributed by atoms with Gasteiger partial charge < -0.3 is 14.7 Å². The second-order valence-electron chi connectivity index (χ2n) is 3.22. The number of carbonyl (C=O) groups excluding carboxylic acids is 2. The van der Waals surface area contributed by atoms with E-state index in [0.29, 0.717) is 0 Å². The van der Waals surface area contributed by atoms with Crippen molar-refractivity contribution in [3.05, 3.63) is 0 Å². The zero-order valence-electron chi connectivity index (χ0n) is 9.73. The molecule has 0 saturated heterocycles. The Bertz CT molecular complexity index is 276. The number of carboxylic acid groups (broad SMARTS) is 1. The monoisotopic (exact) mass is 231 g/mol. The molecule has 1 unspecified atom stereocenters. The molecule has 0 aliphatic heterocycles. The number of carbonyl (C=O) groups is 3. The molecule has 0 aromatic heterocycles. The summed E-state index contributed by atoms with van der Waals surface area (Å²) in [6.07, 6.45) is 0. The third-order valence-corrected chi connectivity index (χ3v) is 2.06. The van der Waals surface area contributed by atoms with Crippen LogP contribution in [0.2, 0.25) is 0 Å². The van der Waals surface area contributed by atoms with E-state index in [1.165, 1.54) is 6.92 Å². The van der Waals surface area contributed by atoms with E-state index in [9.17, 15) is 14.4 Å². The number of aliphatic carboxylic acids is 1. The molecule has 1 amide bonds. The Morgan fingerprint density at radius 3 is 2.25 bits per heavy atom. The van der Waals surface area contributed by atoms with Crippen molar-refractivity contribution in [2.75, 3.05) is 19.7 Å². The number of ether oxygens (including phenoxy) is 1. The van der Waals surface area contributed by atoms with Crippen LogP contribution in [0.5, 0.6) is 0 Å². The van der Waals surface area contributed by atoms with Crippen molar-refractivity contribution < 1.29 is 24.2 Å². The largest absolute Gasteiger partial charge is 0.481 e. The molecule has 0 aromatic carbocycles. The average Bonchev–Trinajstić information content (AvgIpc) is 2.24. The van der Waals surface area contributed by atoms with Crippen LogP contribution in [0, 0.1) is 5.92 Å². The maximum Gasteiger partial charge on any atom is 0.325 e. The van der Waals surface area contributed by atoms with Crippen LogP contribution in [0.4, 0.5) is 0 Å². The lowest BCUT2D eigenvalue weighted by molar-refractivity contribution is -0.155. The molecule has 0 aliphatic rings. The fourth-order valence-corrected chi connectivity index (χ4v) is 1.09. The lowest BCUT2D eigenvalue weighted by Gasteiger charge is -2.21. The highest BCUT2D eigenvalue weighted by Gasteiger charge is 2.26. The van der Waals surface area contributed by atoms with Crippen molar-refractivity contribution in [3.63, 3.8) is 0 Å². The number of likely N-dealkylation sites (N-methyl/N-ethyl adjacent to an activating group) is 1. The number of carboxylic acids is 1. The van der Waals surface area contributed by atoms with Gasteiger partial charge in [0.15, 0.2) is 0 Å². The van der Waals surface area contributed by atoms with Gasteiger partial charge in [-0.1, -0.05) is 0 Å². The molecule has 0 aliphatic carbocycles. The quantitative estimate of drug-likeness (QED) is 0.518. The number of amides is 1. The van der Waals surface area contributed by atoms with Crippen LogP contribution in [0.1, 0.15) is 20.8 Å². The average molecular weight is 231 g/mol. The van der Waals surface area contributed by atoms with Gasteiger partial charge in [0.25, 0.3) is 0 Å². The van der Waals surface area contributed by atoms with Crippen molar-refractivity contribution in [3.8, 4) is 0 Å². The van der Waals surface area contributed by atoms with E-state index in [0.717, 1.165) is 4.90 Å². The predicted octanol–water partition coefficient (Wildman–Crippen LogP) is 0.119. The van der Waals surface area contributed by atoms with E-state index in [1.807, 2.05) is 0 Å². The van der Waals surface area contributed by atoms with Crippen molar-refractivity contribution in [1.82, 2.24) is 4.90 Å². The molecule has 0 spiro atoms. The SMILES string of the molecule is CCOC(=O)CN(CC)C(=O)C(C)C(=O)O. The van der Waals surface area contributed by atoms with Gasteiger partial charge in [-0.25, -0.2) is 0 Å². The molecule has 1 atom stereocenters. The smallest absolute Gasteiger partial charge is 0.325 e. The predicted molar refractivity (Wildman–Crippen MR) is 55.7 cm³/mol. The summed E-state index contributed by atoms with van der Waals surface area (Å²) in [7, 11) is 0. The van der Waals surface area contributed by atoms with E-state index < -0.39 is 23.8 Å². The molecule has 1 N–H and O–H groups in total. The Hall–Kier alpha value is -1.59. The van der Waals surface area contributed by atoms with Crippen LogP contribution in [0.3, 0.4) is 0 Å². The fourth-order valence-electron chi connectivity index (χ4n) is 1.09. The summed E-state index contributed by atoms with van der Waals surface area (Å²) in [6, 6.07) is 0. The minimum absolute atomic E-state index is 0.208. The molecule has 0 rings (SSSR count). The normalized spacial score (nSPS) is 11.7. The zero-order valence-corrected chi connectivity index (χ0v) is 9.73. The molecule has 6 nitrogen and oxygen atoms in total. The Balaban J connectivity index is 4.43. The summed E-state index contributed by atoms with van der Waals surface area (Å²) in [6.45, 7) is 4.93. The fraction of sp³-hybridized carbons (Fsp3) is 0.700. The molecule has 6 heteroatoms. The molecule has 0 radical (unpaired) electrons. The standard InChI is InChI=1S/C10H17NO5/c1-4-11(6-8(12)16-5-2)9(13)7(3)10(14)15/h7H,4-6H2,1-3H3,(H,14,15). The zero-order chi connectivity index (χ0) is 12.7. The van der Waals surface area contributed by atoms with Crippen LogP contribution in [-0.4, -0.2) is 47.5 Å². The van der Waals surface area contributed by atoms with Crippen molar-refractivity contribution >= 4 is 17.8 Å². The molecule has 0 heterocycles. The summed E-state index contributed by atoms with van der Waals surface area (Å²) >= 11 is 0. The molecule has 0 saturated carbocycles. The Morgan fingerprint density at radius 1 is 1.31 bits per heavy atom. The van der Waals surface area contributed by atoms with Gasteiger partial charge in [0.2, 0.25) is 5.91 Å². The van der Waals surface area contributed by atoms with Crippen LogP contribution >= 0.6 is 0 Å². The summed E-state index contributed by atoms with van der Waals surface area (Å²) < 4.78 is 4.68. The van der Waals surface area contributed by atoms with Gasteiger partial charge in [-0.05, 0) is 20.8 Å². The van der Waals surface area contributed by atoms with Crippen LogP contribution in [-0.2, 0) is 19.1 Å². The molecule has 0 fully saturated rings. The maximum atomic E-state index is 11.6. The number of esters is 1. The van der Waals surface area contributed by atoms with Gasteiger partial charge in [0, 0.05) is 6.54 Å². The Morgan fingerprint density at radius 2 is 1.88 bits per heavy atom. The second-order valence-corrected chi connectivity index (χ2v) is 3.22. The van der Waals surface area contributed by atoms with E-state index in [1.54, 1.807) is 13.8 Å². The highest BCUT2D eigenvalue weighted by molar-refractivity contribution is 5.97. The van der Waals surface area contributed by atoms with Crippen LogP contribution in [0.25, 0.3) is 0 Å². The minimum Gasteiger partial charge on any atom is -0.481 e. The number of nitrogens with zero attached hydrogens (tertiary/aromatic N) is 1. The van der Waals surface area contributed by atoms with E-state index in [2.05, 4.69) is 4.74 Å². The van der Waals surface area contributed by atoms with Crippen LogP contribution in [0.15, 0.2) is 0 Å². The van der Waals surface area contributed by atoms with Gasteiger partial charge in [0.05, 0.1) is 6.61 Å². The van der Waals surface area contributed by atoms with Gasteiger partial charge in [-0.2, -0.15) is 0 Å². The highest BCUT2D eigenvalue weighted by Crippen LogP contribution is 2.03. The molecule has 92 valence electrons. The molecular weight excluding hydrogens is 214 g/mol. The van der Waals surface area contributed by atoms with E-state index in [-0.39, 0.29) is 19.7 Å². The molecule has 16 heavy (non-hydrogen) atoms. The first-order valence-corrected chi connectivity index (χ1v) is 5.11. The first kappa shape index (κ1) is 14.4. The summed E-state index contributed by atoms with van der Waals surface area (Å²) in [5.74, 6) is -3.46. The number of hydrogen-bond donors (Lipinski definition) is 1. The Labute approximate surface area is 94.2 Å². The van der Waals surface area contributed by atoms with Crippen molar-refractivity contribution in [2.45, 2.75) is 20.8 Å². The summed E-state index contributed by atoms with van der Waals surface area (Å²) in [5.41, 5.74) is 0. The lowest BCUT2D eigenvalue weighted by Crippen LogP contribution is -2.41. The van der Waals surface area contributed by atoms with Gasteiger partial charge in [0.1, 0.15) is 12.5 Å². The van der Waals surface area contributed by atoms with Crippen molar-refractivity contribution in [2.24, 2.45) is 5.92 Å². The number of hydrogen-bond acceptors (Lipinski definition) is 4. The highest BCUT2D eigenvalue weighted by atomic mass is 16.5. The first-order chi connectivity index (χ1) is 7.43. The van der Waals surface area contributed by atoms with E-state index in [4.69, 9.17) is 5.11 Å². The topological polar surface area (TPSA) is 83.9 Å². The molecular formula is C10H17NO5.